The second kappa shape index (κ2) is 6.90. The summed E-state index contributed by atoms with van der Waals surface area (Å²) in [6.07, 6.45) is 0. The van der Waals surface area contributed by atoms with E-state index in [4.69, 9.17) is 4.84 Å². The van der Waals surface area contributed by atoms with Crippen molar-refractivity contribution in [2.75, 3.05) is 0 Å². The summed E-state index contributed by atoms with van der Waals surface area (Å²) in [6, 6.07) is 14.9. The molecule has 20 heavy (non-hydrogen) atoms. The van der Waals surface area contributed by atoms with E-state index >= 15 is 0 Å². The first kappa shape index (κ1) is 14.3. The molecule has 0 radical (unpaired) electrons. The van der Waals surface area contributed by atoms with Gasteiger partial charge < -0.3 is 0 Å². The van der Waals surface area contributed by atoms with Gasteiger partial charge in [0.1, 0.15) is 11.0 Å². The molecule has 0 saturated carbocycles. The van der Waals surface area contributed by atoms with Crippen LogP contribution in [-0.4, -0.2) is 9.13 Å². The molecule has 2 rings (SSSR count). The maximum atomic E-state index is 11.8. The molecule has 0 aromatic heterocycles. The van der Waals surface area contributed by atoms with E-state index in [0.29, 0.717) is 4.90 Å². The summed E-state index contributed by atoms with van der Waals surface area (Å²) in [5.74, 6) is 0. The van der Waals surface area contributed by atoms with Gasteiger partial charge in [0.05, 0.1) is 16.4 Å². The highest BCUT2D eigenvalue weighted by Crippen LogP contribution is 2.13. The zero-order chi connectivity index (χ0) is 14.4. The zero-order valence-corrected chi connectivity index (χ0v) is 11.2. The lowest BCUT2D eigenvalue weighted by Gasteiger charge is -2.05. The fraction of sp³-hybridized carbons (Fsp3) is 0.0769. The zero-order valence-electron chi connectivity index (χ0n) is 10.4. The Morgan fingerprint density at radius 3 is 2.35 bits per heavy atom. The molecule has 2 aromatic carbocycles. The molecule has 0 aliphatic carbocycles. The second-order valence-electron chi connectivity index (χ2n) is 3.88. The second-order valence-corrected chi connectivity index (χ2v) is 5.05. The van der Waals surface area contributed by atoms with Crippen LogP contribution in [0.25, 0.3) is 0 Å². The standard InChI is InChI=1S/C13H12N2O4S/c16-15(17)12-6-8-13(9-7-12)20(18)14-19-10-11-4-2-1-3-5-11/h1-9,14H,10H2. The van der Waals surface area contributed by atoms with Crippen molar-refractivity contribution in [3.8, 4) is 0 Å². The van der Waals surface area contributed by atoms with Crippen LogP contribution in [0.15, 0.2) is 59.5 Å². The Balaban J connectivity index is 1.87. The molecule has 0 aliphatic heterocycles. The Morgan fingerprint density at radius 1 is 1.10 bits per heavy atom. The van der Waals surface area contributed by atoms with Crippen molar-refractivity contribution in [2.45, 2.75) is 11.5 Å². The maximum absolute atomic E-state index is 11.8. The first-order chi connectivity index (χ1) is 9.66. The van der Waals surface area contributed by atoms with Gasteiger partial charge in [-0.3, -0.25) is 15.0 Å². The fourth-order valence-electron chi connectivity index (χ4n) is 1.48. The van der Waals surface area contributed by atoms with E-state index < -0.39 is 15.9 Å². The van der Waals surface area contributed by atoms with Gasteiger partial charge in [-0.05, 0) is 17.7 Å². The molecular weight excluding hydrogens is 280 g/mol. The largest absolute Gasteiger partial charge is 0.284 e. The maximum Gasteiger partial charge on any atom is 0.269 e. The van der Waals surface area contributed by atoms with Crippen LogP contribution in [0.4, 0.5) is 5.69 Å². The number of nitro benzene ring substituents is 1. The molecule has 104 valence electrons. The third kappa shape index (κ3) is 3.95. The fourth-order valence-corrected chi connectivity index (χ4v) is 2.13. The van der Waals surface area contributed by atoms with Crippen molar-refractivity contribution >= 4 is 16.7 Å². The Bertz CT molecular complexity index is 602. The van der Waals surface area contributed by atoms with Crippen LogP contribution in [0.3, 0.4) is 0 Å². The summed E-state index contributed by atoms with van der Waals surface area (Å²) < 4.78 is 11.8. The van der Waals surface area contributed by atoms with Crippen molar-refractivity contribution in [3.63, 3.8) is 0 Å². The number of non-ortho nitro benzene ring substituents is 1. The Kier molecular flexibility index (Phi) is 4.94. The smallest absolute Gasteiger partial charge is 0.269 e. The molecule has 6 nitrogen and oxygen atoms in total. The van der Waals surface area contributed by atoms with E-state index in [-0.39, 0.29) is 12.3 Å². The molecule has 2 aromatic rings. The third-order valence-corrected chi connectivity index (χ3v) is 3.45. The van der Waals surface area contributed by atoms with Crippen molar-refractivity contribution in [2.24, 2.45) is 0 Å². The lowest BCUT2D eigenvalue weighted by atomic mass is 10.2. The van der Waals surface area contributed by atoms with Gasteiger partial charge in [-0.25, -0.2) is 4.21 Å². The van der Waals surface area contributed by atoms with Crippen molar-refractivity contribution in [1.82, 2.24) is 4.89 Å². The van der Waals surface area contributed by atoms with E-state index in [1.165, 1.54) is 24.3 Å². The van der Waals surface area contributed by atoms with Crippen LogP contribution in [0.1, 0.15) is 5.56 Å². The Morgan fingerprint density at radius 2 is 1.75 bits per heavy atom. The molecule has 0 aliphatic rings. The van der Waals surface area contributed by atoms with Crippen LogP contribution in [0, 0.1) is 10.1 Å². The molecule has 1 unspecified atom stereocenters. The molecule has 0 saturated heterocycles. The highest BCUT2D eigenvalue weighted by Gasteiger charge is 2.08. The van der Waals surface area contributed by atoms with Gasteiger partial charge in [-0.2, -0.15) is 0 Å². The summed E-state index contributed by atoms with van der Waals surface area (Å²) in [5, 5.41) is 10.5. The summed E-state index contributed by atoms with van der Waals surface area (Å²) in [6.45, 7) is 0.277. The minimum absolute atomic E-state index is 0.0454. The molecule has 0 bridgehead atoms. The van der Waals surface area contributed by atoms with Gasteiger partial charge in [-0.15, -0.1) is 4.89 Å². The predicted molar refractivity (Wildman–Crippen MR) is 73.9 cm³/mol. The van der Waals surface area contributed by atoms with Crippen LogP contribution in [-0.2, 0) is 22.4 Å². The van der Waals surface area contributed by atoms with Gasteiger partial charge in [0, 0.05) is 12.1 Å². The van der Waals surface area contributed by atoms with Crippen molar-refractivity contribution < 1.29 is 14.0 Å². The first-order valence-corrected chi connectivity index (χ1v) is 6.89. The predicted octanol–water partition coefficient (Wildman–Crippen LogP) is 2.34. The van der Waals surface area contributed by atoms with Crippen LogP contribution in [0.5, 0.6) is 0 Å². The van der Waals surface area contributed by atoms with E-state index in [0.717, 1.165) is 5.56 Å². The van der Waals surface area contributed by atoms with Gasteiger partial charge in [0.2, 0.25) is 0 Å². The number of nitrogens with zero attached hydrogens (tertiary/aromatic N) is 1. The highest BCUT2D eigenvalue weighted by molar-refractivity contribution is 7.82. The summed E-state index contributed by atoms with van der Waals surface area (Å²) >= 11 is 0. The van der Waals surface area contributed by atoms with Crippen molar-refractivity contribution in [1.29, 1.82) is 0 Å². The van der Waals surface area contributed by atoms with Gasteiger partial charge >= 0.3 is 0 Å². The van der Waals surface area contributed by atoms with Crippen molar-refractivity contribution in [3.05, 3.63) is 70.3 Å². The SMILES string of the molecule is O=[N+]([O-])c1ccc(S(=O)NOCc2ccccc2)cc1. The molecule has 0 spiro atoms. The van der Waals surface area contributed by atoms with Gasteiger partial charge in [0.25, 0.3) is 5.69 Å². The van der Waals surface area contributed by atoms with Crippen LogP contribution < -0.4 is 4.89 Å². The third-order valence-electron chi connectivity index (χ3n) is 2.48. The minimum atomic E-state index is -1.57. The molecule has 1 atom stereocenters. The highest BCUT2D eigenvalue weighted by atomic mass is 32.2. The molecule has 1 N–H and O–H groups in total. The lowest BCUT2D eigenvalue weighted by Crippen LogP contribution is -2.17. The normalized spacial score (nSPS) is 12.0. The van der Waals surface area contributed by atoms with Gasteiger partial charge in [0.15, 0.2) is 0 Å². The number of hydrogen-bond acceptors (Lipinski definition) is 4. The van der Waals surface area contributed by atoms with E-state index in [2.05, 4.69) is 4.89 Å². The number of rotatable bonds is 6. The average Bonchev–Trinajstić information content (AvgIpc) is 2.48. The summed E-state index contributed by atoms with van der Waals surface area (Å²) in [4.78, 5) is 17.9. The van der Waals surface area contributed by atoms with E-state index in [1.807, 2.05) is 30.3 Å². The van der Waals surface area contributed by atoms with Gasteiger partial charge in [-0.1, -0.05) is 30.3 Å². The molecule has 0 amide bonds. The number of hydrogen-bond donors (Lipinski definition) is 1. The molecule has 0 fully saturated rings. The van der Waals surface area contributed by atoms with E-state index in [1.54, 1.807) is 0 Å². The van der Waals surface area contributed by atoms with E-state index in [9.17, 15) is 14.3 Å². The van der Waals surface area contributed by atoms with Crippen LogP contribution >= 0.6 is 0 Å². The summed E-state index contributed by atoms with van der Waals surface area (Å²) in [5.41, 5.74) is 0.900. The minimum Gasteiger partial charge on any atom is -0.284 e. The molecular formula is C13H12N2O4S. The monoisotopic (exact) mass is 292 g/mol. The number of nitro groups is 1. The lowest BCUT2D eigenvalue weighted by molar-refractivity contribution is -0.384. The van der Waals surface area contributed by atoms with Crippen LogP contribution in [0.2, 0.25) is 0 Å². The number of nitrogens with one attached hydrogen (secondary N) is 1. The average molecular weight is 292 g/mol. The first-order valence-electron chi connectivity index (χ1n) is 5.74. The Hall–Kier alpha value is -2.09. The Labute approximate surface area is 118 Å². The molecule has 0 heterocycles. The number of benzene rings is 2. The topological polar surface area (TPSA) is 81.5 Å². The molecule has 7 heteroatoms. The quantitative estimate of drug-likeness (QED) is 0.654. The summed E-state index contributed by atoms with van der Waals surface area (Å²) in [7, 11) is -1.57.